The molecule has 2 aliphatic heterocycles. The van der Waals surface area contributed by atoms with Crippen LogP contribution in [0.25, 0.3) is 0 Å². The summed E-state index contributed by atoms with van der Waals surface area (Å²) in [7, 11) is 0. The number of hydrogen-bond donors (Lipinski definition) is 1. The molecule has 16 nitrogen and oxygen atoms in total. The molecule has 2 heterocycles. The van der Waals surface area contributed by atoms with Gasteiger partial charge in [-0.2, -0.15) is 0 Å². The normalized spacial score (nSPS) is 31.9. The SMILES string of the molecule is CC(=O)OC[C@@H]1O[C@@H](OC[C@H]2O[C@@H](O)[C@H](OC(C)=O)[C@@H](OC(C)=O)[C@@H]2OC(C)=O)[C@H](OC(C)=O)[C@H]1OC(C)=O. The second-order valence-electron chi connectivity index (χ2n) is 8.61. The fraction of sp³-hybridized carbons (Fsp3) is 0.739. The van der Waals surface area contributed by atoms with Crippen LogP contribution in [-0.2, 0) is 71.4 Å². The first kappa shape index (κ1) is 31.9. The zero-order chi connectivity index (χ0) is 29.4. The average Bonchev–Trinajstić information content (AvgIpc) is 3.09. The zero-order valence-electron chi connectivity index (χ0n) is 22.2. The number of aliphatic hydroxyl groups excluding tert-OH is 1. The van der Waals surface area contributed by atoms with Gasteiger partial charge in [-0.3, -0.25) is 28.8 Å². The maximum atomic E-state index is 11.8. The Labute approximate surface area is 223 Å². The third kappa shape index (κ3) is 9.42. The van der Waals surface area contributed by atoms with Crippen LogP contribution in [0.4, 0.5) is 0 Å². The molecule has 0 bridgehead atoms. The van der Waals surface area contributed by atoms with Gasteiger partial charge in [-0.05, 0) is 0 Å². The Morgan fingerprint density at radius 2 is 0.949 bits per heavy atom. The van der Waals surface area contributed by atoms with Gasteiger partial charge in [-0.1, -0.05) is 0 Å². The molecule has 0 aromatic carbocycles. The Morgan fingerprint density at radius 1 is 0.538 bits per heavy atom. The molecule has 0 saturated carbocycles. The van der Waals surface area contributed by atoms with Gasteiger partial charge < -0.3 is 47.7 Å². The first-order chi connectivity index (χ1) is 18.2. The van der Waals surface area contributed by atoms with Crippen LogP contribution in [0.2, 0.25) is 0 Å². The molecule has 0 aromatic heterocycles. The molecule has 0 amide bonds. The summed E-state index contributed by atoms with van der Waals surface area (Å²) >= 11 is 0. The molecule has 0 radical (unpaired) electrons. The third-order valence-electron chi connectivity index (χ3n) is 5.26. The van der Waals surface area contributed by atoms with Gasteiger partial charge in [0.2, 0.25) is 0 Å². The number of hydrogen-bond acceptors (Lipinski definition) is 16. The number of ether oxygens (including phenoxy) is 9. The van der Waals surface area contributed by atoms with Crippen LogP contribution in [0, 0.1) is 0 Å². The molecular formula is C23H32O16. The molecule has 2 rings (SSSR count). The number of aliphatic hydroxyl groups is 1. The molecule has 220 valence electrons. The topological polar surface area (TPSA) is 206 Å². The van der Waals surface area contributed by atoms with Gasteiger partial charge in [0, 0.05) is 41.5 Å². The van der Waals surface area contributed by atoms with Crippen LogP contribution in [0.5, 0.6) is 0 Å². The van der Waals surface area contributed by atoms with Crippen molar-refractivity contribution >= 4 is 35.8 Å². The third-order valence-corrected chi connectivity index (χ3v) is 5.26. The predicted molar refractivity (Wildman–Crippen MR) is 120 cm³/mol. The summed E-state index contributed by atoms with van der Waals surface area (Å²) in [6, 6.07) is 0. The van der Waals surface area contributed by atoms with Crippen LogP contribution in [0.1, 0.15) is 41.5 Å². The minimum absolute atomic E-state index is 0.377. The predicted octanol–water partition coefficient (Wildman–Crippen LogP) is -1.33. The van der Waals surface area contributed by atoms with Crippen LogP contribution in [0.3, 0.4) is 0 Å². The van der Waals surface area contributed by atoms with Crippen molar-refractivity contribution in [2.45, 2.75) is 96.9 Å². The molecular weight excluding hydrogens is 532 g/mol. The van der Waals surface area contributed by atoms with Crippen molar-refractivity contribution in [2.24, 2.45) is 0 Å². The fourth-order valence-corrected chi connectivity index (χ4v) is 4.01. The summed E-state index contributed by atoms with van der Waals surface area (Å²) in [6.07, 6.45) is -12.7. The van der Waals surface area contributed by atoms with E-state index in [-0.39, 0.29) is 6.61 Å². The number of carbonyl (C=O) groups excluding carboxylic acids is 6. The van der Waals surface area contributed by atoms with Gasteiger partial charge in [0.25, 0.3) is 0 Å². The monoisotopic (exact) mass is 564 g/mol. The van der Waals surface area contributed by atoms with Crippen LogP contribution < -0.4 is 0 Å². The largest absolute Gasteiger partial charge is 0.463 e. The van der Waals surface area contributed by atoms with Crippen LogP contribution in [-0.4, -0.2) is 109 Å². The van der Waals surface area contributed by atoms with Crippen molar-refractivity contribution in [2.75, 3.05) is 13.2 Å². The van der Waals surface area contributed by atoms with Gasteiger partial charge in [0.15, 0.2) is 43.1 Å². The van der Waals surface area contributed by atoms with Gasteiger partial charge in [-0.15, -0.1) is 0 Å². The van der Waals surface area contributed by atoms with Gasteiger partial charge in [0.05, 0.1) is 6.61 Å². The van der Waals surface area contributed by atoms with Crippen molar-refractivity contribution in [1.82, 2.24) is 0 Å². The molecule has 16 heteroatoms. The average molecular weight is 564 g/mol. The van der Waals surface area contributed by atoms with Gasteiger partial charge in [0.1, 0.15) is 18.8 Å². The summed E-state index contributed by atoms with van der Waals surface area (Å²) in [5.74, 6) is -4.67. The Bertz CT molecular complexity index is 933. The second kappa shape index (κ2) is 14.2. The minimum Gasteiger partial charge on any atom is -0.463 e. The summed E-state index contributed by atoms with van der Waals surface area (Å²) in [5, 5.41) is 10.5. The van der Waals surface area contributed by atoms with Crippen LogP contribution >= 0.6 is 0 Å². The summed E-state index contributed by atoms with van der Waals surface area (Å²) in [6.45, 7) is 5.61. The van der Waals surface area contributed by atoms with E-state index in [1.807, 2.05) is 0 Å². The maximum absolute atomic E-state index is 11.8. The number of carbonyl (C=O) groups is 6. The van der Waals surface area contributed by atoms with E-state index in [1.165, 1.54) is 0 Å². The van der Waals surface area contributed by atoms with Gasteiger partial charge in [-0.25, -0.2) is 0 Å². The molecule has 0 aliphatic carbocycles. The minimum atomic E-state index is -1.84. The summed E-state index contributed by atoms with van der Waals surface area (Å²) in [4.78, 5) is 70.0. The molecule has 1 N–H and O–H groups in total. The first-order valence-electron chi connectivity index (χ1n) is 11.8. The van der Waals surface area contributed by atoms with E-state index in [9.17, 15) is 33.9 Å². The van der Waals surface area contributed by atoms with Crippen molar-refractivity contribution in [1.29, 1.82) is 0 Å². The highest BCUT2D eigenvalue weighted by Crippen LogP contribution is 2.31. The lowest BCUT2D eigenvalue weighted by Gasteiger charge is -2.42. The van der Waals surface area contributed by atoms with Gasteiger partial charge >= 0.3 is 35.8 Å². The molecule has 0 spiro atoms. The summed E-state index contributed by atoms with van der Waals surface area (Å²) in [5.41, 5.74) is 0. The summed E-state index contributed by atoms with van der Waals surface area (Å²) < 4.78 is 47.8. The molecule has 2 saturated heterocycles. The highest BCUT2D eigenvalue weighted by atomic mass is 16.8. The molecule has 0 unspecified atom stereocenters. The van der Waals surface area contributed by atoms with E-state index in [4.69, 9.17) is 42.6 Å². The van der Waals surface area contributed by atoms with E-state index in [1.54, 1.807) is 0 Å². The number of rotatable bonds is 10. The van der Waals surface area contributed by atoms with E-state index < -0.39 is 97.7 Å². The Balaban J connectivity index is 2.31. The molecule has 0 aromatic rings. The van der Waals surface area contributed by atoms with E-state index in [0.717, 1.165) is 41.5 Å². The molecule has 2 fully saturated rings. The molecule has 39 heavy (non-hydrogen) atoms. The second-order valence-corrected chi connectivity index (χ2v) is 8.61. The number of esters is 6. The van der Waals surface area contributed by atoms with Crippen molar-refractivity contribution in [3.8, 4) is 0 Å². The lowest BCUT2D eigenvalue weighted by molar-refractivity contribution is -0.304. The maximum Gasteiger partial charge on any atom is 0.303 e. The fourth-order valence-electron chi connectivity index (χ4n) is 4.01. The highest BCUT2D eigenvalue weighted by Gasteiger charge is 2.54. The lowest BCUT2D eigenvalue weighted by atomic mass is 9.98. The van der Waals surface area contributed by atoms with E-state index in [0.29, 0.717) is 0 Å². The Hall–Kier alpha value is -3.34. The first-order valence-corrected chi connectivity index (χ1v) is 11.8. The lowest BCUT2D eigenvalue weighted by Crippen LogP contribution is -2.62. The van der Waals surface area contributed by atoms with Crippen molar-refractivity contribution in [3.63, 3.8) is 0 Å². The molecule has 9 atom stereocenters. The zero-order valence-corrected chi connectivity index (χ0v) is 22.2. The van der Waals surface area contributed by atoms with E-state index >= 15 is 0 Å². The van der Waals surface area contributed by atoms with Crippen molar-refractivity contribution in [3.05, 3.63) is 0 Å². The highest BCUT2D eigenvalue weighted by molar-refractivity contribution is 5.69. The van der Waals surface area contributed by atoms with E-state index in [2.05, 4.69) is 0 Å². The smallest absolute Gasteiger partial charge is 0.303 e. The molecule has 2 aliphatic rings. The Kier molecular flexibility index (Phi) is 11.6. The quantitative estimate of drug-likeness (QED) is 0.241. The van der Waals surface area contributed by atoms with Crippen molar-refractivity contribution < 1.29 is 76.5 Å². The van der Waals surface area contributed by atoms with Crippen LogP contribution in [0.15, 0.2) is 0 Å². The Morgan fingerprint density at radius 3 is 1.44 bits per heavy atom. The standard InChI is InChI=1S/C23H32O16/c1-9(24)31-7-16-18(34-11(3)26)21(37-14(6)29)23(39-16)32-8-15-17(33-10(2)25)19(35-12(4)27)20(22(30)38-15)36-13(5)28/h15-23,30H,7-8H2,1-6H3/t15-,16+,17-,18+,19+,20-,21-,22-,23-/m1/s1.